The molecule has 110 valence electrons. The number of nitrogens with one attached hydrogen (secondary N) is 1. The lowest BCUT2D eigenvalue weighted by atomic mass is 10.2. The van der Waals surface area contributed by atoms with Crippen molar-refractivity contribution in [3.63, 3.8) is 0 Å². The van der Waals surface area contributed by atoms with E-state index in [4.69, 9.17) is 5.73 Å². The predicted molar refractivity (Wildman–Crippen MR) is 88.6 cm³/mol. The minimum absolute atomic E-state index is 0.0519. The zero-order chi connectivity index (χ0) is 15.2. The summed E-state index contributed by atoms with van der Waals surface area (Å²) in [5, 5.41) is 2.90. The normalized spacial score (nSPS) is 10.2. The molecular weight excluding hydrogens is 262 g/mol. The Morgan fingerprint density at radius 2 is 1.81 bits per heavy atom. The van der Waals surface area contributed by atoms with Crippen LogP contribution >= 0.6 is 0 Å². The van der Waals surface area contributed by atoms with E-state index in [1.807, 2.05) is 67.3 Å². The lowest BCUT2D eigenvalue weighted by Gasteiger charge is -2.23. The highest BCUT2D eigenvalue weighted by molar-refractivity contribution is 5.94. The molecule has 0 saturated carbocycles. The molecule has 0 saturated heterocycles. The number of anilines is 3. The molecule has 0 heterocycles. The highest BCUT2D eigenvalue weighted by Crippen LogP contribution is 2.22. The molecule has 3 N–H and O–H groups in total. The van der Waals surface area contributed by atoms with Crippen LogP contribution in [0.3, 0.4) is 0 Å². The van der Waals surface area contributed by atoms with Crippen molar-refractivity contribution in [1.82, 2.24) is 0 Å². The van der Waals surface area contributed by atoms with Gasteiger partial charge in [-0.05, 0) is 38.1 Å². The largest absolute Gasteiger partial charge is 0.397 e. The van der Waals surface area contributed by atoms with Gasteiger partial charge >= 0.3 is 0 Å². The summed E-state index contributed by atoms with van der Waals surface area (Å²) >= 11 is 0. The molecule has 0 aliphatic heterocycles. The Balaban J connectivity index is 2.03. The third kappa shape index (κ3) is 3.99. The number of aryl methyl sites for hydroxylation is 1. The van der Waals surface area contributed by atoms with Gasteiger partial charge < -0.3 is 16.0 Å². The average molecular weight is 283 g/mol. The second kappa shape index (κ2) is 6.79. The Kier molecular flexibility index (Phi) is 4.82. The summed E-state index contributed by atoms with van der Waals surface area (Å²) in [6.45, 7) is 5.02. The monoisotopic (exact) mass is 283 g/mol. The SMILES string of the molecule is CCN(CC(=O)Nc1ccc(C)cc1)c1ccccc1N. The van der Waals surface area contributed by atoms with E-state index < -0.39 is 0 Å². The number of carbonyl (C=O) groups is 1. The molecule has 0 spiro atoms. The number of hydrogen-bond donors (Lipinski definition) is 2. The van der Waals surface area contributed by atoms with Gasteiger partial charge in [-0.15, -0.1) is 0 Å². The predicted octanol–water partition coefficient (Wildman–Crippen LogP) is 3.04. The van der Waals surface area contributed by atoms with Crippen LogP contribution in [-0.2, 0) is 4.79 Å². The molecule has 4 heteroatoms. The molecule has 2 aromatic rings. The van der Waals surface area contributed by atoms with E-state index >= 15 is 0 Å². The van der Waals surface area contributed by atoms with Crippen LogP contribution < -0.4 is 16.0 Å². The second-order valence-electron chi connectivity index (χ2n) is 4.99. The Hall–Kier alpha value is -2.49. The smallest absolute Gasteiger partial charge is 0.243 e. The zero-order valence-corrected chi connectivity index (χ0v) is 12.5. The fourth-order valence-electron chi connectivity index (χ4n) is 2.15. The van der Waals surface area contributed by atoms with E-state index in [-0.39, 0.29) is 12.5 Å². The summed E-state index contributed by atoms with van der Waals surface area (Å²) in [5.41, 5.74) is 9.51. The van der Waals surface area contributed by atoms with Crippen molar-refractivity contribution in [2.24, 2.45) is 0 Å². The summed E-state index contributed by atoms with van der Waals surface area (Å²) < 4.78 is 0. The van der Waals surface area contributed by atoms with Crippen LogP contribution in [0.5, 0.6) is 0 Å². The van der Waals surface area contributed by atoms with E-state index in [9.17, 15) is 4.79 Å². The summed E-state index contributed by atoms with van der Waals surface area (Å²) in [4.78, 5) is 14.1. The van der Waals surface area contributed by atoms with Crippen molar-refractivity contribution in [2.45, 2.75) is 13.8 Å². The summed E-state index contributed by atoms with van der Waals surface area (Å²) in [6, 6.07) is 15.3. The second-order valence-corrected chi connectivity index (χ2v) is 4.99. The third-order valence-electron chi connectivity index (χ3n) is 3.33. The molecule has 0 atom stereocenters. The zero-order valence-electron chi connectivity index (χ0n) is 12.5. The lowest BCUT2D eigenvalue weighted by Crippen LogP contribution is -2.33. The molecule has 2 aromatic carbocycles. The van der Waals surface area contributed by atoms with Crippen molar-refractivity contribution >= 4 is 23.0 Å². The first kappa shape index (κ1) is 14.9. The van der Waals surface area contributed by atoms with Crippen LogP contribution in [0, 0.1) is 6.92 Å². The Morgan fingerprint density at radius 3 is 2.43 bits per heavy atom. The topological polar surface area (TPSA) is 58.4 Å². The molecule has 0 bridgehead atoms. The van der Waals surface area contributed by atoms with Gasteiger partial charge in [0.25, 0.3) is 0 Å². The van der Waals surface area contributed by atoms with Gasteiger partial charge in [0, 0.05) is 12.2 Å². The van der Waals surface area contributed by atoms with Gasteiger partial charge in [-0.2, -0.15) is 0 Å². The van der Waals surface area contributed by atoms with Gasteiger partial charge in [0.05, 0.1) is 17.9 Å². The number of likely N-dealkylation sites (N-methyl/N-ethyl adjacent to an activating group) is 1. The number of hydrogen-bond acceptors (Lipinski definition) is 3. The quantitative estimate of drug-likeness (QED) is 0.829. The Morgan fingerprint density at radius 1 is 1.14 bits per heavy atom. The van der Waals surface area contributed by atoms with Gasteiger partial charge in [0.1, 0.15) is 0 Å². The van der Waals surface area contributed by atoms with Crippen molar-refractivity contribution in [2.75, 3.05) is 29.0 Å². The number of benzene rings is 2. The number of nitrogens with two attached hydrogens (primary N) is 1. The fraction of sp³-hybridized carbons (Fsp3) is 0.235. The van der Waals surface area contributed by atoms with Gasteiger partial charge in [-0.1, -0.05) is 29.8 Å². The van der Waals surface area contributed by atoms with E-state index in [1.165, 1.54) is 5.56 Å². The number of nitrogens with zero attached hydrogens (tertiary/aromatic N) is 1. The molecule has 0 fully saturated rings. The minimum Gasteiger partial charge on any atom is -0.397 e. The van der Waals surface area contributed by atoms with Crippen molar-refractivity contribution in [3.8, 4) is 0 Å². The molecular formula is C17H21N3O. The Labute approximate surface area is 125 Å². The molecule has 0 unspecified atom stereocenters. The van der Waals surface area contributed by atoms with Crippen molar-refractivity contribution in [1.29, 1.82) is 0 Å². The maximum Gasteiger partial charge on any atom is 0.243 e. The molecule has 21 heavy (non-hydrogen) atoms. The molecule has 2 rings (SSSR count). The van der Waals surface area contributed by atoms with Crippen molar-refractivity contribution < 1.29 is 4.79 Å². The van der Waals surface area contributed by atoms with Crippen LogP contribution in [0.15, 0.2) is 48.5 Å². The Bertz CT molecular complexity index is 608. The minimum atomic E-state index is -0.0519. The first-order valence-corrected chi connectivity index (χ1v) is 7.06. The van der Waals surface area contributed by atoms with Crippen molar-refractivity contribution in [3.05, 3.63) is 54.1 Å². The van der Waals surface area contributed by atoms with E-state index in [0.717, 1.165) is 17.9 Å². The number of carbonyl (C=O) groups excluding carboxylic acids is 1. The van der Waals surface area contributed by atoms with E-state index in [2.05, 4.69) is 5.32 Å². The maximum absolute atomic E-state index is 12.2. The number of amides is 1. The van der Waals surface area contributed by atoms with Crippen LogP contribution in [0.1, 0.15) is 12.5 Å². The lowest BCUT2D eigenvalue weighted by molar-refractivity contribution is -0.115. The highest BCUT2D eigenvalue weighted by atomic mass is 16.2. The first-order valence-electron chi connectivity index (χ1n) is 7.06. The number of rotatable bonds is 5. The molecule has 1 amide bonds. The number of nitrogen functional groups attached to an aromatic ring is 1. The highest BCUT2D eigenvalue weighted by Gasteiger charge is 2.12. The average Bonchev–Trinajstić information content (AvgIpc) is 2.48. The standard InChI is InChI=1S/C17H21N3O/c1-3-20(16-7-5-4-6-15(16)18)12-17(21)19-14-10-8-13(2)9-11-14/h4-11H,3,12,18H2,1-2H3,(H,19,21). The van der Waals surface area contributed by atoms with Crippen LogP contribution in [-0.4, -0.2) is 19.0 Å². The summed E-state index contributed by atoms with van der Waals surface area (Å²) in [7, 11) is 0. The molecule has 0 aliphatic carbocycles. The first-order chi connectivity index (χ1) is 10.1. The van der Waals surface area contributed by atoms with E-state index in [0.29, 0.717) is 5.69 Å². The van der Waals surface area contributed by atoms with E-state index in [1.54, 1.807) is 0 Å². The van der Waals surface area contributed by atoms with Crippen LogP contribution in [0.2, 0.25) is 0 Å². The summed E-state index contributed by atoms with van der Waals surface area (Å²) in [5.74, 6) is -0.0519. The molecule has 0 aromatic heterocycles. The van der Waals surface area contributed by atoms with Crippen LogP contribution in [0.25, 0.3) is 0 Å². The molecule has 0 aliphatic rings. The number of para-hydroxylation sites is 2. The van der Waals surface area contributed by atoms with Crippen LogP contribution in [0.4, 0.5) is 17.1 Å². The van der Waals surface area contributed by atoms with Gasteiger partial charge in [0.15, 0.2) is 0 Å². The molecule has 4 nitrogen and oxygen atoms in total. The fourth-order valence-corrected chi connectivity index (χ4v) is 2.15. The van der Waals surface area contributed by atoms with Gasteiger partial charge in [-0.25, -0.2) is 0 Å². The molecule has 0 radical (unpaired) electrons. The van der Waals surface area contributed by atoms with Gasteiger partial charge in [-0.3, -0.25) is 4.79 Å². The summed E-state index contributed by atoms with van der Waals surface area (Å²) in [6.07, 6.45) is 0. The third-order valence-corrected chi connectivity index (χ3v) is 3.33. The van der Waals surface area contributed by atoms with Gasteiger partial charge in [0.2, 0.25) is 5.91 Å². The maximum atomic E-state index is 12.2.